The maximum absolute atomic E-state index is 11.9. The van der Waals surface area contributed by atoms with Crippen LogP contribution in [0.25, 0.3) is 0 Å². The van der Waals surface area contributed by atoms with Crippen molar-refractivity contribution in [2.24, 2.45) is 5.92 Å². The molecule has 136 valence electrons. The van der Waals surface area contributed by atoms with Crippen molar-refractivity contribution in [3.63, 3.8) is 0 Å². The minimum absolute atomic E-state index is 0.359. The van der Waals surface area contributed by atoms with E-state index in [0.29, 0.717) is 37.8 Å². The van der Waals surface area contributed by atoms with Crippen molar-refractivity contribution in [2.45, 2.75) is 56.2 Å². The van der Waals surface area contributed by atoms with E-state index in [-0.39, 0.29) is 0 Å². The van der Waals surface area contributed by atoms with Crippen LogP contribution in [0.3, 0.4) is 0 Å². The average Bonchev–Trinajstić information content (AvgIpc) is 3.02. The minimum atomic E-state index is -0.555. The molecule has 3 aliphatic rings. The Morgan fingerprint density at radius 2 is 2.04 bits per heavy atom. The molecule has 1 saturated carbocycles. The average molecular weight is 364 g/mol. The fourth-order valence-corrected chi connectivity index (χ4v) is 4.68. The van der Waals surface area contributed by atoms with Crippen LogP contribution >= 0.6 is 11.6 Å². The lowest BCUT2D eigenvalue weighted by atomic mass is 9.69. The standard InChI is InChI=1S/C19H27BClNO3/c1-13-9-15(21)11-17(20)16(13)10-14(2)22-18(12-23)3-5-19(6-4-18)24-7-8-25-19/h9,11-12,16-17,22H,2-8,10,20H2,1H3. The third kappa shape index (κ3) is 4.04. The van der Waals surface area contributed by atoms with Gasteiger partial charge >= 0.3 is 0 Å². The number of hydrogen-bond donors (Lipinski definition) is 1. The van der Waals surface area contributed by atoms with Crippen molar-refractivity contribution in [1.82, 2.24) is 5.32 Å². The van der Waals surface area contributed by atoms with Gasteiger partial charge in [-0.05, 0) is 44.0 Å². The Kier molecular flexibility index (Phi) is 5.47. The predicted molar refractivity (Wildman–Crippen MR) is 102 cm³/mol. The molecular formula is C19H27BClNO3. The van der Waals surface area contributed by atoms with Gasteiger partial charge in [-0.1, -0.05) is 29.8 Å². The van der Waals surface area contributed by atoms with Crippen LogP contribution in [0.4, 0.5) is 0 Å². The van der Waals surface area contributed by atoms with Crippen LogP contribution in [-0.4, -0.2) is 38.7 Å². The molecule has 0 bridgehead atoms. The van der Waals surface area contributed by atoms with Gasteiger partial charge in [-0.15, -0.1) is 0 Å². The first-order valence-electron chi connectivity index (χ1n) is 9.13. The number of carbonyl (C=O) groups excluding carboxylic acids is 1. The third-order valence-electron chi connectivity index (χ3n) is 5.84. The molecule has 0 amide bonds. The molecule has 0 aromatic carbocycles. The molecule has 2 fully saturated rings. The second kappa shape index (κ2) is 7.30. The van der Waals surface area contributed by atoms with Gasteiger partial charge in [0.2, 0.25) is 0 Å². The molecule has 2 atom stereocenters. The molecule has 0 aromatic heterocycles. The summed E-state index contributed by atoms with van der Waals surface area (Å²) in [4.78, 5) is 11.9. The summed E-state index contributed by atoms with van der Waals surface area (Å²) >= 11 is 6.14. The quantitative estimate of drug-likeness (QED) is 0.603. The molecule has 1 spiro atoms. The largest absolute Gasteiger partial charge is 0.377 e. The van der Waals surface area contributed by atoms with Crippen molar-refractivity contribution in [1.29, 1.82) is 0 Å². The molecule has 3 rings (SSSR count). The lowest BCUT2D eigenvalue weighted by Gasteiger charge is -2.42. The third-order valence-corrected chi connectivity index (χ3v) is 6.08. The highest BCUT2D eigenvalue weighted by Crippen LogP contribution is 2.41. The van der Waals surface area contributed by atoms with E-state index >= 15 is 0 Å². The first kappa shape index (κ1) is 18.7. The fraction of sp³-hybridized carbons (Fsp3) is 0.632. The topological polar surface area (TPSA) is 47.6 Å². The molecule has 4 nitrogen and oxygen atoms in total. The van der Waals surface area contributed by atoms with Gasteiger partial charge in [0.1, 0.15) is 14.1 Å². The molecule has 1 N–H and O–H groups in total. The maximum Gasteiger partial charge on any atom is 0.168 e. The van der Waals surface area contributed by atoms with Gasteiger partial charge in [-0.25, -0.2) is 0 Å². The van der Waals surface area contributed by atoms with Gasteiger partial charge in [-0.2, -0.15) is 0 Å². The van der Waals surface area contributed by atoms with E-state index in [2.05, 4.69) is 32.7 Å². The Bertz CT molecular complexity index is 600. The highest BCUT2D eigenvalue weighted by atomic mass is 35.5. The Labute approximate surface area is 156 Å². The smallest absolute Gasteiger partial charge is 0.168 e. The lowest BCUT2D eigenvalue weighted by Crippen LogP contribution is -2.53. The summed E-state index contributed by atoms with van der Waals surface area (Å²) in [6.45, 7) is 7.61. The Morgan fingerprint density at radius 1 is 1.40 bits per heavy atom. The van der Waals surface area contributed by atoms with Crippen molar-refractivity contribution < 1.29 is 14.3 Å². The summed E-state index contributed by atoms with van der Waals surface area (Å²) in [5.74, 6) is 0.259. The second-order valence-corrected chi connectivity index (χ2v) is 8.16. The molecule has 1 aliphatic heterocycles. The van der Waals surface area contributed by atoms with Crippen LogP contribution in [0.1, 0.15) is 39.0 Å². The summed E-state index contributed by atoms with van der Waals surface area (Å²) in [5.41, 5.74) is 1.62. The highest BCUT2D eigenvalue weighted by Gasteiger charge is 2.46. The Hall–Kier alpha value is -1.04. The van der Waals surface area contributed by atoms with E-state index in [1.807, 2.05) is 6.08 Å². The summed E-state index contributed by atoms with van der Waals surface area (Å²) in [5, 5.41) is 4.24. The van der Waals surface area contributed by atoms with E-state index in [0.717, 1.165) is 36.3 Å². The summed E-state index contributed by atoms with van der Waals surface area (Å²) in [6.07, 6.45) is 8.84. The lowest BCUT2D eigenvalue weighted by molar-refractivity contribution is -0.185. The van der Waals surface area contributed by atoms with E-state index < -0.39 is 11.3 Å². The molecule has 1 saturated heterocycles. The van der Waals surface area contributed by atoms with Crippen molar-refractivity contribution in [2.75, 3.05) is 13.2 Å². The number of aldehydes is 1. The number of rotatable bonds is 5. The van der Waals surface area contributed by atoms with Crippen molar-refractivity contribution in [3.05, 3.63) is 35.0 Å². The Morgan fingerprint density at radius 3 is 2.60 bits per heavy atom. The van der Waals surface area contributed by atoms with E-state index in [9.17, 15) is 4.79 Å². The van der Waals surface area contributed by atoms with Gasteiger partial charge in [0.15, 0.2) is 5.79 Å². The number of hydrogen-bond acceptors (Lipinski definition) is 4. The van der Waals surface area contributed by atoms with E-state index in [4.69, 9.17) is 21.1 Å². The molecular weight excluding hydrogens is 336 g/mol. The monoisotopic (exact) mass is 363 g/mol. The fourth-order valence-electron chi connectivity index (χ4n) is 4.31. The summed E-state index contributed by atoms with van der Waals surface area (Å²) in [7, 11) is 2.17. The first-order valence-corrected chi connectivity index (χ1v) is 9.51. The molecule has 25 heavy (non-hydrogen) atoms. The Balaban J connectivity index is 1.60. The van der Waals surface area contributed by atoms with Crippen LogP contribution in [0, 0.1) is 5.92 Å². The van der Waals surface area contributed by atoms with Gasteiger partial charge in [0.05, 0.1) is 18.8 Å². The van der Waals surface area contributed by atoms with Crippen LogP contribution in [0.2, 0.25) is 5.82 Å². The zero-order valence-electron chi connectivity index (χ0n) is 15.1. The number of ether oxygens (including phenoxy) is 2. The van der Waals surface area contributed by atoms with E-state index in [1.54, 1.807) is 0 Å². The predicted octanol–water partition coefficient (Wildman–Crippen LogP) is 2.86. The molecule has 1 heterocycles. The number of allylic oxidation sites excluding steroid dienone is 5. The van der Waals surface area contributed by atoms with Crippen LogP contribution in [0.5, 0.6) is 0 Å². The van der Waals surface area contributed by atoms with Gasteiger partial charge in [0, 0.05) is 23.6 Å². The summed E-state index contributed by atoms with van der Waals surface area (Å²) < 4.78 is 11.5. The van der Waals surface area contributed by atoms with Gasteiger partial charge in [-0.3, -0.25) is 0 Å². The maximum atomic E-state index is 11.9. The number of halogens is 1. The molecule has 2 unspecified atom stereocenters. The van der Waals surface area contributed by atoms with Crippen LogP contribution < -0.4 is 5.32 Å². The van der Waals surface area contributed by atoms with Crippen molar-refractivity contribution in [3.8, 4) is 0 Å². The zero-order chi connectivity index (χ0) is 18.1. The minimum Gasteiger partial charge on any atom is -0.377 e. The highest BCUT2D eigenvalue weighted by molar-refractivity contribution is 6.32. The zero-order valence-corrected chi connectivity index (χ0v) is 15.9. The number of carbonyl (C=O) groups is 1. The number of nitrogens with one attached hydrogen (secondary N) is 1. The SMILES string of the molecule is BC1C=C(Cl)C=C(C)C1CC(=C)NC1(C=O)CCC2(CC1)OCCO2. The normalized spacial score (nSPS) is 30.5. The van der Waals surface area contributed by atoms with Crippen LogP contribution in [-0.2, 0) is 14.3 Å². The van der Waals surface area contributed by atoms with Crippen LogP contribution in [0.15, 0.2) is 35.0 Å². The molecule has 2 aliphatic carbocycles. The molecule has 0 aromatic rings. The van der Waals surface area contributed by atoms with E-state index in [1.165, 1.54) is 5.57 Å². The molecule has 0 radical (unpaired) electrons. The first-order chi connectivity index (χ1) is 11.9. The second-order valence-electron chi connectivity index (χ2n) is 7.72. The molecule has 6 heteroatoms. The van der Waals surface area contributed by atoms with Crippen molar-refractivity contribution >= 4 is 25.7 Å². The van der Waals surface area contributed by atoms with Gasteiger partial charge in [0.25, 0.3) is 0 Å². The summed E-state index contributed by atoms with van der Waals surface area (Å²) in [6, 6.07) is 0. The van der Waals surface area contributed by atoms with Gasteiger partial charge < -0.3 is 19.6 Å².